The third-order valence-electron chi connectivity index (χ3n) is 3.77. The number of carbonyl (C=O) groups excluding carboxylic acids is 2. The van der Waals surface area contributed by atoms with Gasteiger partial charge in [-0.05, 0) is 12.8 Å². The van der Waals surface area contributed by atoms with Gasteiger partial charge in [0.1, 0.15) is 0 Å². The molecule has 3 rings (SSSR count). The van der Waals surface area contributed by atoms with Crippen LogP contribution in [0.3, 0.4) is 0 Å². The largest absolute Gasteiger partial charge is 0.378 e. The fourth-order valence-electron chi connectivity index (χ4n) is 2.34. The summed E-state index contributed by atoms with van der Waals surface area (Å²) in [6, 6.07) is 1.71. The SMILES string of the molecule is CNC(=O)c1nnc(NC(=O)C2CC2)cc1N1CCOCC1. The third kappa shape index (κ3) is 3.16. The van der Waals surface area contributed by atoms with Gasteiger partial charge in [-0.2, -0.15) is 0 Å². The van der Waals surface area contributed by atoms with Crippen molar-refractivity contribution in [3.63, 3.8) is 0 Å². The number of nitrogens with one attached hydrogen (secondary N) is 2. The van der Waals surface area contributed by atoms with Crippen molar-refractivity contribution < 1.29 is 14.3 Å². The highest BCUT2D eigenvalue weighted by Crippen LogP contribution is 2.30. The van der Waals surface area contributed by atoms with Crippen molar-refractivity contribution in [1.82, 2.24) is 15.5 Å². The molecule has 1 aliphatic carbocycles. The lowest BCUT2D eigenvalue weighted by Gasteiger charge is -2.29. The first-order valence-corrected chi connectivity index (χ1v) is 7.42. The highest BCUT2D eigenvalue weighted by molar-refractivity contribution is 5.99. The second-order valence-electron chi connectivity index (χ2n) is 5.41. The Bertz CT molecular complexity index is 582. The van der Waals surface area contributed by atoms with Crippen molar-refractivity contribution in [1.29, 1.82) is 0 Å². The van der Waals surface area contributed by atoms with Crippen LogP contribution in [0.2, 0.25) is 0 Å². The van der Waals surface area contributed by atoms with Crippen LogP contribution in [0.1, 0.15) is 23.3 Å². The van der Waals surface area contributed by atoms with Gasteiger partial charge in [0, 0.05) is 32.1 Å². The predicted molar refractivity (Wildman–Crippen MR) is 79.8 cm³/mol. The highest BCUT2D eigenvalue weighted by Gasteiger charge is 2.30. The van der Waals surface area contributed by atoms with Gasteiger partial charge in [0.25, 0.3) is 5.91 Å². The number of aromatic nitrogens is 2. The maximum absolute atomic E-state index is 12.0. The van der Waals surface area contributed by atoms with Crippen LogP contribution in [-0.4, -0.2) is 55.4 Å². The standard InChI is InChI=1S/C14H19N5O3/c1-15-14(21)12-10(19-4-6-22-7-5-19)8-11(17-18-12)16-13(20)9-2-3-9/h8-9H,2-7H2,1H3,(H,15,21)(H,16,17,20). The summed E-state index contributed by atoms with van der Waals surface area (Å²) in [5.41, 5.74) is 0.928. The second-order valence-corrected chi connectivity index (χ2v) is 5.41. The molecule has 0 radical (unpaired) electrons. The summed E-state index contributed by atoms with van der Waals surface area (Å²) >= 11 is 0. The van der Waals surface area contributed by atoms with E-state index >= 15 is 0 Å². The van der Waals surface area contributed by atoms with Gasteiger partial charge in [0.15, 0.2) is 11.5 Å². The summed E-state index contributed by atoms with van der Waals surface area (Å²) in [5, 5.41) is 13.3. The lowest BCUT2D eigenvalue weighted by Crippen LogP contribution is -2.38. The molecule has 118 valence electrons. The molecule has 8 heteroatoms. The smallest absolute Gasteiger partial charge is 0.273 e. The van der Waals surface area contributed by atoms with Crippen LogP contribution in [-0.2, 0) is 9.53 Å². The van der Waals surface area contributed by atoms with Crippen LogP contribution in [0.5, 0.6) is 0 Å². The summed E-state index contributed by atoms with van der Waals surface area (Å²) in [5.74, 6) is 0.141. The van der Waals surface area contributed by atoms with Crippen molar-refractivity contribution in [3.05, 3.63) is 11.8 Å². The van der Waals surface area contributed by atoms with E-state index in [1.54, 1.807) is 13.1 Å². The van der Waals surface area contributed by atoms with Crippen molar-refractivity contribution in [2.75, 3.05) is 43.6 Å². The molecule has 1 saturated carbocycles. The van der Waals surface area contributed by atoms with Crippen LogP contribution in [0, 0.1) is 5.92 Å². The lowest BCUT2D eigenvalue weighted by molar-refractivity contribution is -0.117. The summed E-state index contributed by atoms with van der Waals surface area (Å²) in [6.45, 7) is 2.54. The fraction of sp³-hybridized carbons (Fsp3) is 0.571. The molecule has 2 N–H and O–H groups in total. The minimum Gasteiger partial charge on any atom is -0.378 e. The molecule has 1 aromatic rings. The maximum Gasteiger partial charge on any atom is 0.273 e. The molecule has 0 aromatic carbocycles. The van der Waals surface area contributed by atoms with Gasteiger partial charge in [0.2, 0.25) is 5.91 Å². The Labute approximate surface area is 128 Å². The van der Waals surface area contributed by atoms with Crippen molar-refractivity contribution in [3.8, 4) is 0 Å². The first-order valence-electron chi connectivity index (χ1n) is 7.42. The number of anilines is 2. The summed E-state index contributed by atoms with van der Waals surface area (Å²) in [7, 11) is 1.55. The molecule has 0 unspecified atom stereocenters. The lowest BCUT2D eigenvalue weighted by atomic mass is 10.2. The number of amides is 2. The molecule has 0 bridgehead atoms. The van der Waals surface area contributed by atoms with E-state index in [-0.39, 0.29) is 23.4 Å². The number of hydrogen-bond acceptors (Lipinski definition) is 6. The van der Waals surface area contributed by atoms with Crippen molar-refractivity contribution in [2.24, 2.45) is 5.92 Å². The number of morpholine rings is 1. The topological polar surface area (TPSA) is 96.4 Å². The second kappa shape index (κ2) is 6.27. The van der Waals surface area contributed by atoms with E-state index in [0.717, 1.165) is 12.8 Å². The average Bonchev–Trinajstić information content (AvgIpc) is 3.40. The zero-order valence-electron chi connectivity index (χ0n) is 12.5. The maximum atomic E-state index is 12.0. The monoisotopic (exact) mass is 305 g/mol. The number of rotatable bonds is 4. The first kappa shape index (κ1) is 14.7. The fourth-order valence-corrected chi connectivity index (χ4v) is 2.34. The molecule has 0 atom stereocenters. The van der Waals surface area contributed by atoms with Crippen molar-refractivity contribution in [2.45, 2.75) is 12.8 Å². The van der Waals surface area contributed by atoms with E-state index in [9.17, 15) is 9.59 Å². The number of ether oxygens (including phenoxy) is 1. The minimum absolute atomic E-state index is 0.0325. The van der Waals surface area contributed by atoms with E-state index in [2.05, 4.69) is 20.8 Å². The van der Waals surface area contributed by atoms with E-state index in [4.69, 9.17) is 4.74 Å². The normalized spacial score (nSPS) is 18.0. The van der Waals surface area contributed by atoms with Crippen LogP contribution in [0.15, 0.2) is 6.07 Å². The molecular weight excluding hydrogens is 286 g/mol. The molecule has 2 amide bonds. The minimum atomic E-state index is -0.297. The Morgan fingerprint density at radius 1 is 1.27 bits per heavy atom. The van der Waals surface area contributed by atoms with Gasteiger partial charge >= 0.3 is 0 Å². The van der Waals surface area contributed by atoms with Crippen LogP contribution < -0.4 is 15.5 Å². The molecule has 22 heavy (non-hydrogen) atoms. The molecule has 2 heterocycles. The quantitative estimate of drug-likeness (QED) is 0.814. The number of hydrogen-bond donors (Lipinski definition) is 2. The van der Waals surface area contributed by atoms with E-state index in [1.165, 1.54) is 0 Å². The van der Waals surface area contributed by atoms with Gasteiger partial charge in [-0.15, -0.1) is 10.2 Å². The van der Waals surface area contributed by atoms with Gasteiger partial charge in [-0.3, -0.25) is 9.59 Å². The number of carbonyl (C=O) groups is 2. The number of nitrogens with zero attached hydrogens (tertiary/aromatic N) is 3. The first-order chi connectivity index (χ1) is 10.7. The zero-order chi connectivity index (χ0) is 15.5. The average molecular weight is 305 g/mol. The van der Waals surface area contributed by atoms with E-state index in [1.807, 2.05) is 4.90 Å². The summed E-state index contributed by atoms with van der Waals surface area (Å²) in [6.07, 6.45) is 1.85. The molecular formula is C14H19N5O3. The van der Waals surface area contributed by atoms with Crippen LogP contribution in [0.4, 0.5) is 11.5 Å². The Morgan fingerprint density at radius 2 is 2.00 bits per heavy atom. The Morgan fingerprint density at radius 3 is 2.64 bits per heavy atom. The van der Waals surface area contributed by atoms with E-state index in [0.29, 0.717) is 37.8 Å². The van der Waals surface area contributed by atoms with Crippen LogP contribution >= 0.6 is 0 Å². The molecule has 1 aliphatic heterocycles. The summed E-state index contributed by atoms with van der Waals surface area (Å²) < 4.78 is 5.33. The third-order valence-corrected chi connectivity index (χ3v) is 3.77. The zero-order valence-corrected chi connectivity index (χ0v) is 12.5. The highest BCUT2D eigenvalue weighted by atomic mass is 16.5. The van der Waals surface area contributed by atoms with Gasteiger partial charge in [-0.1, -0.05) is 0 Å². The Hall–Kier alpha value is -2.22. The Kier molecular flexibility index (Phi) is 4.19. The van der Waals surface area contributed by atoms with Gasteiger partial charge in [0.05, 0.1) is 18.9 Å². The molecule has 2 aliphatic rings. The molecule has 0 spiro atoms. The molecule has 2 fully saturated rings. The molecule has 1 saturated heterocycles. The van der Waals surface area contributed by atoms with E-state index < -0.39 is 0 Å². The van der Waals surface area contributed by atoms with Crippen molar-refractivity contribution >= 4 is 23.3 Å². The Balaban J connectivity index is 1.86. The molecule has 8 nitrogen and oxygen atoms in total. The molecule has 1 aromatic heterocycles. The van der Waals surface area contributed by atoms with Gasteiger partial charge in [-0.25, -0.2) is 0 Å². The van der Waals surface area contributed by atoms with Gasteiger partial charge < -0.3 is 20.3 Å². The predicted octanol–water partition coefficient (Wildman–Crippen LogP) is 0.0213. The van der Waals surface area contributed by atoms with Crippen LogP contribution in [0.25, 0.3) is 0 Å². The summed E-state index contributed by atoms with van der Waals surface area (Å²) in [4.78, 5) is 25.8.